The van der Waals surface area contributed by atoms with Gasteiger partial charge in [-0.2, -0.15) is 5.10 Å². The Morgan fingerprint density at radius 1 is 0.930 bits per heavy atom. The molecule has 0 unspecified atom stereocenters. The van der Waals surface area contributed by atoms with Gasteiger partial charge in [0.05, 0.1) is 34.3 Å². The second kappa shape index (κ2) is 9.73. The fourth-order valence-electron chi connectivity index (χ4n) is 7.10. The number of aromatic hydroxyl groups is 1. The van der Waals surface area contributed by atoms with E-state index in [0.717, 1.165) is 46.0 Å². The molecule has 1 saturated heterocycles. The topological polar surface area (TPSA) is 142 Å². The summed E-state index contributed by atoms with van der Waals surface area (Å²) in [7, 11) is 0. The molecule has 2 N–H and O–H groups in total. The molecule has 4 aromatic rings. The first-order valence-electron chi connectivity index (χ1n) is 13.7. The van der Waals surface area contributed by atoms with Crippen LogP contribution < -0.4 is 5.43 Å². The zero-order valence-electron chi connectivity index (χ0n) is 22.6. The highest BCUT2D eigenvalue weighted by Gasteiger charge is 2.67. The molecule has 1 aliphatic heterocycles. The number of phenols is 1. The third-order valence-electron chi connectivity index (χ3n) is 8.83. The summed E-state index contributed by atoms with van der Waals surface area (Å²) in [4.78, 5) is 53.3. The van der Waals surface area contributed by atoms with Crippen molar-refractivity contribution in [1.29, 1.82) is 0 Å². The Labute approximate surface area is 245 Å². The maximum Gasteiger partial charge on any atom is 0.275 e. The lowest BCUT2D eigenvalue weighted by atomic mass is 9.47. The normalized spacial score (nSPS) is 23.2. The second-order valence-electron chi connectivity index (χ2n) is 10.9. The van der Waals surface area contributed by atoms with Crippen molar-refractivity contribution in [3.8, 4) is 5.75 Å². The van der Waals surface area contributed by atoms with Gasteiger partial charge >= 0.3 is 0 Å². The van der Waals surface area contributed by atoms with E-state index in [9.17, 15) is 29.6 Å². The van der Waals surface area contributed by atoms with Gasteiger partial charge in [-0.15, -0.1) is 0 Å². The Kier molecular flexibility index (Phi) is 5.94. The summed E-state index contributed by atoms with van der Waals surface area (Å²) in [6.45, 7) is 0.140. The van der Waals surface area contributed by atoms with Gasteiger partial charge in [0.25, 0.3) is 11.6 Å². The molecular formula is C33H24N4O6. The van der Waals surface area contributed by atoms with Crippen LogP contribution in [0, 0.1) is 22.0 Å². The molecular weight excluding hydrogens is 548 g/mol. The predicted molar refractivity (Wildman–Crippen MR) is 155 cm³/mol. The van der Waals surface area contributed by atoms with Crippen LogP contribution in [0.3, 0.4) is 0 Å². The number of rotatable bonds is 6. The maximum absolute atomic E-state index is 14.3. The van der Waals surface area contributed by atoms with Gasteiger partial charge in [-0.25, -0.2) is 5.43 Å². The SMILES string of the molecule is O=C(N/N=C\C12c3ccccc3C(c3ccccc31)[C@H]1C(=O)N(Cc3ccccc3)C(=O)[C@H]12)c1cc([N+](=O)[O-])ccc1O. The van der Waals surface area contributed by atoms with E-state index < -0.39 is 33.8 Å². The van der Waals surface area contributed by atoms with E-state index in [1.54, 1.807) is 0 Å². The van der Waals surface area contributed by atoms with Crippen molar-refractivity contribution >= 4 is 29.6 Å². The average molecular weight is 573 g/mol. The Morgan fingerprint density at radius 2 is 1.56 bits per heavy atom. The number of hydrogen-bond donors (Lipinski definition) is 2. The number of phenolic OH excluding ortho intramolecular Hbond substituents is 1. The third kappa shape index (κ3) is 3.79. The van der Waals surface area contributed by atoms with Crippen LogP contribution in [0.25, 0.3) is 0 Å². The van der Waals surface area contributed by atoms with E-state index in [4.69, 9.17) is 0 Å². The van der Waals surface area contributed by atoms with E-state index in [1.165, 1.54) is 11.1 Å². The van der Waals surface area contributed by atoms with Crippen LogP contribution in [0.2, 0.25) is 0 Å². The van der Waals surface area contributed by atoms with Gasteiger partial charge < -0.3 is 5.11 Å². The van der Waals surface area contributed by atoms with E-state index in [-0.39, 0.29) is 35.5 Å². The van der Waals surface area contributed by atoms with Crippen LogP contribution in [-0.2, 0) is 21.5 Å². The summed E-state index contributed by atoms with van der Waals surface area (Å²) in [5.74, 6) is -3.71. The van der Waals surface area contributed by atoms with Crippen LogP contribution in [0.1, 0.15) is 44.1 Å². The maximum atomic E-state index is 14.3. The predicted octanol–water partition coefficient (Wildman–Crippen LogP) is 4.26. The minimum Gasteiger partial charge on any atom is -0.507 e. The lowest BCUT2D eigenvalue weighted by molar-refractivity contribution is -0.384. The number of hydrogen-bond acceptors (Lipinski definition) is 7. The fraction of sp³-hybridized carbons (Fsp3) is 0.152. The van der Waals surface area contributed by atoms with E-state index >= 15 is 0 Å². The largest absolute Gasteiger partial charge is 0.507 e. The number of imide groups is 1. The van der Waals surface area contributed by atoms with Gasteiger partial charge in [0, 0.05) is 24.3 Å². The van der Waals surface area contributed by atoms with Crippen molar-refractivity contribution in [2.45, 2.75) is 17.9 Å². The molecule has 0 spiro atoms. The first kappa shape index (κ1) is 26.3. The molecule has 0 radical (unpaired) electrons. The molecule has 0 saturated carbocycles. The van der Waals surface area contributed by atoms with Gasteiger partial charge in [0.15, 0.2) is 0 Å². The molecule has 1 fully saturated rings. The number of carbonyl (C=O) groups is 3. The van der Waals surface area contributed by atoms with E-state index in [1.807, 2.05) is 78.9 Å². The van der Waals surface area contributed by atoms with E-state index in [0.29, 0.717) is 0 Å². The highest BCUT2D eigenvalue weighted by atomic mass is 16.6. The molecule has 2 bridgehead atoms. The summed E-state index contributed by atoms with van der Waals surface area (Å²) in [6.07, 6.45) is 1.50. The number of nitrogens with zero attached hydrogens (tertiary/aromatic N) is 3. The van der Waals surface area contributed by atoms with Crippen molar-refractivity contribution in [2.75, 3.05) is 0 Å². The molecule has 3 aliphatic carbocycles. The Morgan fingerprint density at radius 3 is 2.21 bits per heavy atom. The molecule has 2 atom stereocenters. The van der Waals surface area contributed by atoms with Gasteiger partial charge in [-0.3, -0.25) is 29.4 Å². The van der Waals surface area contributed by atoms with Gasteiger partial charge in [-0.1, -0.05) is 78.9 Å². The summed E-state index contributed by atoms with van der Waals surface area (Å²) in [5, 5.41) is 25.7. The number of non-ortho nitro benzene ring substituents is 1. The Hall–Kier alpha value is -5.64. The summed E-state index contributed by atoms with van der Waals surface area (Å²) >= 11 is 0. The number of likely N-dealkylation sites (tertiary alicyclic amines) is 1. The van der Waals surface area contributed by atoms with Crippen molar-refractivity contribution < 1.29 is 24.4 Å². The second-order valence-corrected chi connectivity index (χ2v) is 10.9. The van der Waals surface area contributed by atoms with Gasteiger partial charge in [-0.05, 0) is 33.9 Å². The zero-order valence-corrected chi connectivity index (χ0v) is 22.6. The van der Waals surface area contributed by atoms with Crippen molar-refractivity contribution in [2.24, 2.45) is 16.9 Å². The summed E-state index contributed by atoms with van der Waals surface area (Å²) < 4.78 is 0. The van der Waals surface area contributed by atoms with Crippen molar-refractivity contribution in [3.63, 3.8) is 0 Å². The Bertz CT molecular complexity index is 1820. The smallest absolute Gasteiger partial charge is 0.275 e. The standard InChI is InChI=1S/C33H24N4O6/c38-26-15-14-20(37(42)43)16-23(26)30(39)35-34-18-33-24-12-6-4-10-21(24)27(22-11-5-7-13-25(22)33)28-29(33)32(41)36(31(28)40)17-19-8-2-1-3-9-19/h1-16,18,27-29,38H,17H2,(H,35,39)/b34-18-/t27?,28-,29+,33?/m1/s1. The monoisotopic (exact) mass is 572 g/mol. The van der Waals surface area contributed by atoms with E-state index in [2.05, 4.69) is 10.5 Å². The Balaban J connectivity index is 1.35. The van der Waals surface area contributed by atoms with Crippen LogP contribution in [0.4, 0.5) is 5.69 Å². The minimum absolute atomic E-state index is 0.140. The lowest BCUT2D eigenvalue weighted by Crippen LogP contribution is -2.54. The number of carbonyl (C=O) groups excluding carboxylic acids is 3. The number of nitrogens with one attached hydrogen (secondary N) is 1. The van der Waals surface area contributed by atoms with Crippen molar-refractivity contribution in [1.82, 2.24) is 10.3 Å². The van der Waals surface area contributed by atoms with Crippen LogP contribution in [-0.4, -0.2) is 38.9 Å². The summed E-state index contributed by atoms with van der Waals surface area (Å²) in [6, 6.07) is 27.8. The molecule has 43 heavy (non-hydrogen) atoms. The first-order valence-corrected chi connectivity index (χ1v) is 13.7. The molecule has 4 aliphatic rings. The van der Waals surface area contributed by atoms with Crippen LogP contribution in [0.5, 0.6) is 5.75 Å². The zero-order chi connectivity index (χ0) is 29.9. The number of nitro groups is 1. The molecule has 0 aromatic heterocycles. The average Bonchev–Trinajstić information content (AvgIpc) is 3.27. The fourth-order valence-corrected chi connectivity index (χ4v) is 7.10. The number of nitro benzene ring substituents is 1. The molecule has 212 valence electrons. The van der Waals surface area contributed by atoms with Crippen molar-refractivity contribution in [3.05, 3.63) is 141 Å². The minimum atomic E-state index is -1.19. The highest BCUT2D eigenvalue weighted by Crippen LogP contribution is 2.63. The number of benzene rings is 4. The third-order valence-corrected chi connectivity index (χ3v) is 8.83. The number of hydrazone groups is 1. The van der Waals surface area contributed by atoms with Gasteiger partial charge in [0.2, 0.25) is 11.8 Å². The van der Waals surface area contributed by atoms with Gasteiger partial charge in [0.1, 0.15) is 5.75 Å². The molecule has 4 aromatic carbocycles. The quantitative estimate of drug-likeness (QED) is 0.153. The molecule has 3 amide bonds. The molecule has 10 heteroatoms. The first-order chi connectivity index (χ1) is 20.8. The van der Waals surface area contributed by atoms with Crippen LogP contribution in [0.15, 0.2) is 102 Å². The highest BCUT2D eigenvalue weighted by molar-refractivity contribution is 6.11. The molecule has 8 rings (SSSR count). The summed E-state index contributed by atoms with van der Waals surface area (Å²) in [5.41, 5.74) is 4.81. The molecule has 10 nitrogen and oxygen atoms in total. The van der Waals surface area contributed by atoms with Crippen LogP contribution >= 0.6 is 0 Å². The number of amides is 3. The molecule has 1 heterocycles. The lowest BCUT2D eigenvalue weighted by Gasteiger charge is -2.52.